The van der Waals surface area contributed by atoms with Gasteiger partial charge in [0, 0.05) is 22.6 Å². The second kappa shape index (κ2) is 6.42. The summed E-state index contributed by atoms with van der Waals surface area (Å²) in [6.07, 6.45) is 1.45. The molecule has 2 aromatic heterocycles. The minimum atomic E-state index is -0.229. The first-order chi connectivity index (χ1) is 11.1. The Morgan fingerprint density at radius 1 is 1.26 bits per heavy atom. The van der Waals surface area contributed by atoms with E-state index in [0.29, 0.717) is 5.16 Å². The number of aryl methyl sites for hydroxylation is 1. The zero-order chi connectivity index (χ0) is 16.4. The van der Waals surface area contributed by atoms with Crippen molar-refractivity contribution in [2.24, 2.45) is 0 Å². The highest BCUT2D eigenvalue weighted by Crippen LogP contribution is 2.26. The van der Waals surface area contributed by atoms with E-state index in [9.17, 15) is 4.79 Å². The average molecular weight is 326 g/mol. The fourth-order valence-corrected chi connectivity index (χ4v) is 3.46. The zero-order valence-electron chi connectivity index (χ0n) is 13.3. The van der Waals surface area contributed by atoms with Gasteiger partial charge in [0.1, 0.15) is 6.33 Å². The van der Waals surface area contributed by atoms with E-state index in [-0.39, 0.29) is 11.0 Å². The van der Waals surface area contributed by atoms with Crippen LogP contribution < -0.4 is 0 Å². The summed E-state index contributed by atoms with van der Waals surface area (Å²) in [6.45, 7) is 5.90. The normalized spacial score (nSPS) is 12.3. The largest absolute Gasteiger partial charge is 0.318 e. The number of para-hydroxylation sites is 1. The van der Waals surface area contributed by atoms with Gasteiger partial charge in [-0.2, -0.15) is 5.10 Å². The molecular formula is C17H18N4OS. The van der Waals surface area contributed by atoms with Crippen molar-refractivity contribution in [2.75, 3.05) is 0 Å². The van der Waals surface area contributed by atoms with E-state index in [1.54, 1.807) is 0 Å². The van der Waals surface area contributed by atoms with E-state index in [4.69, 9.17) is 0 Å². The van der Waals surface area contributed by atoms with Gasteiger partial charge in [0.15, 0.2) is 10.9 Å². The summed E-state index contributed by atoms with van der Waals surface area (Å²) in [6, 6.07) is 12.0. The first-order valence-corrected chi connectivity index (χ1v) is 8.26. The standard InChI is InChI=1S/C17H18N4OS/c1-11-9-15(12(2)21(11)14-7-5-4-6-8-14)16(22)13(3)23-17-18-10-19-20-17/h4-10,13H,1-3H3,(H,18,19,20)/t13-/m0/s1. The van der Waals surface area contributed by atoms with Gasteiger partial charge in [-0.15, -0.1) is 0 Å². The fraction of sp³-hybridized carbons (Fsp3) is 0.235. The Labute approximate surface area is 139 Å². The highest BCUT2D eigenvalue weighted by atomic mass is 32.2. The lowest BCUT2D eigenvalue weighted by Gasteiger charge is -2.11. The maximum Gasteiger partial charge on any atom is 0.184 e. The molecule has 0 unspecified atom stereocenters. The van der Waals surface area contributed by atoms with E-state index >= 15 is 0 Å². The second-order valence-electron chi connectivity index (χ2n) is 5.37. The first-order valence-electron chi connectivity index (χ1n) is 7.38. The Hall–Kier alpha value is -2.34. The van der Waals surface area contributed by atoms with Gasteiger partial charge in [0.05, 0.1) is 5.25 Å². The number of Topliss-reactive ketones (excluding diaryl/α,β-unsaturated/α-hetero) is 1. The maximum atomic E-state index is 12.8. The van der Waals surface area contributed by atoms with Crippen molar-refractivity contribution in [3.05, 3.63) is 59.7 Å². The second-order valence-corrected chi connectivity index (χ2v) is 6.70. The van der Waals surface area contributed by atoms with Gasteiger partial charge in [-0.05, 0) is 39.0 Å². The van der Waals surface area contributed by atoms with Gasteiger partial charge < -0.3 is 4.57 Å². The van der Waals surface area contributed by atoms with E-state index in [1.807, 2.05) is 57.2 Å². The van der Waals surface area contributed by atoms with Gasteiger partial charge in [-0.3, -0.25) is 9.89 Å². The molecule has 0 aliphatic carbocycles. The van der Waals surface area contributed by atoms with Crippen molar-refractivity contribution in [3.8, 4) is 5.69 Å². The smallest absolute Gasteiger partial charge is 0.184 e. The minimum absolute atomic E-state index is 0.0988. The van der Waals surface area contributed by atoms with Crippen LogP contribution in [-0.4, -0.2) is 30.8 Å². The number of benzene rings is 1. The van der Waals surface area contributed by atoms with Gasteiger partial charge in [0.25, 0.3) is 0 Å². The molecule has 3 rings (SSSR count). The number of carbonyl (C=O) groups excluding carboxylic acids is 1. The van der Waals surface area contributed by atoms with Crippen LogP contribution in [0.1, 0.15) is 28.7 Å². The molecule has 6 heteroatoms. The third-order valence-electron chi connectivity index (χ3n) is 3.76. The molecule has 0 amide bonds. The molecule has 5 nitrogen and oxygen atoms in total. The molecule has 0 bridgehead atoms. The highest BCUT2D eigenvalue weighted by molar-refractivity contribution is 8.00. The molecule has 0 aliphatic heterocycles. The quantitative estimate of drug-likeness (QED) is 0.575. The van der Waals surface area contributed by atoms with Crippen molar-refractivity contribution in [3.63, 3.8) is 0 Å². The first kappa shape index (κ1) is 15.6. The predicted octanol–water partition coefficient (Wildman–Crippen LogP) is 3.58. The number of carbonyl (C=O) groups is 1. The summed E-state index contributed by atoms with van der Waals surface area (Å²) in [5, 5.41) is 7.01. The number of nitrogens with zero attached hydrogens (tertiary/aromatic N) is 3. The Morgan fingerprint density at radius 2 is 2.00 bits per heavy atom. The summed E-state index contributed by atoms with van der Waals surface area (Å²) in [5.41, 5.74) is 3.83. The van der Waals surface area contributed by atoms with Crippen LogP contribution in [0.3, 0.4) is 0 Å². The van der Waals surface area contributed by atoms with E-state index < -0.39 is 0 Å². The van der Waals surface area contributed by atoms with Crippen molar-refractivity contribution in [1.82, 2.24) is 19.7 Å². The number of ketones is 1. The van der Waals surface area contributed by atoms with Crippen LogP contribution in [0.25, 0.3) is 5.69 Å². The molecule has 1 aromatic carbocycles. The van der Waals surface area contributed by atoms with Gasteiger partial charge in [-0.25, -0.2) is 4.98 Å². The number of rotatable bonds is 5. The van der Waals surface area contributed by atoms with E-state index in [1.165, 1.54) is 18.1 Å². The summed E-state index contributed by atoms with van der Waals surface area (Å²) in [7, 11) is 0. The van der Waals surface area contributed by atoms with Crippen LogP contribution in [-0.2, 0) is 0 Å². The number of H-pyrrole nitrogens is 1. The Bertz CT molecular complexity index is 809. The number of aromatic amines is 1. The molecule has 118 valence electrons. The van der Waals surface area contributed by atoms with Crippen molar-refractivity contribution in [1.29, 1.82) is 0 Å². The summed E-state index contributed by atoms with van der Waals surface area (Å²) in [4.78, 5) is 16.9. The van der Waals surface area contributed by atoms with Gasteiger partial charge >= 0.3 is 0 Å². The van der Waals surface area contributed by atoms with Crippen LogP contribution >= 0.6 is 11.8 Å². The fourth-order valence-electron chi connectivity index (χ4n) is 2.68. The third-order valence-corrected chi connectivity index (χ3v) is 4.75. The maximum absolute atomic E-state index is 12.8. The van der Waals surface area contributed by atoms with Crippen LogP contribution in [0, 0.1) is 13.8 Å². The summed E-state index contributed by atoms with van der Waals surface area (Å²) < 4.78 is 2.11. The number of aromatic nitrogens is 4. The molecule has 2 heterocycles. The number of hydrogen-bond acceptors (Lipinski definition) is 4. The molecule has 0 radical (unpaired) electrons. The van der Waals surface area contributed by atoms with Gasteiger partial charge in [0.2, 0.25) is 0 Å². The van der Waals surface area contributed by atoms with Crippen LogP contribution in [0.15, 0.2) is 47.9 Å². The lowest BCUT2D eigenvalue weighted by Crippen LogP contribution is -2.14. The van der Waals surface area contributed by atoms with Crippen molar-refractivity contribution in [2.45, 2.75) is 31.2 Å². The molecule has 0 fully saturated rings. The molecule has 1 N–H and O–H groups in total. The molecule has 23 heavy (non-hydrogen) atoms. The minimum Gasteiger partial charge on any atom is -0.318 e. The average Bonchev–Trinajstić information content (AvgIpc) is 3.15. The molecule has 3 aromatic rings. The van der Waals surface area contributed by atoms with E-state index in [2.05, 4.69) is 19.7 Å². The van der Waals surface area contributed by atoms with E-state index in [0.717, 1.165) is 22.6 Å². The Kier molecular flexibility index (Phi) is 4.34. The summed E-state index contributed by atoms with van der Waals surface area (Å²) in [5.74, 6) is 0.0988. The van der Waals surface area contributed by atoms with Crippen molar-refractivity contribution < 1.29 is 4.79 Å². The zero-order valence-corrected chi connectivity index (χ0v) is 14.1. The third kappa shape index (κ3) is 3.07. The molecule has 0 aliphatic rings. The van der Waals surface area contributed by atoms with Gasteiger partial charge in [-0.1, -0.05) is 30.0 Å². The van der Waals surface area contributed by atoms with Crippen LogP contribution in [0.2, 0.25) is 0 Å². The molecule has 0 saturated heterocycles. The Morgan fingerprint density at radius 3 is 2.65 bits per heavy atom. The van der Waals surface area contributed by atoms with Crippen LogP contribution in [0.4, 0.5) is 0 Å². The SMILES string of the molecule is Cc1cc(C(=O)[C@H](C)Sc2ncn[nH]2)c(C)n1-c1ccccc1. The number of nitrogens with one attached hydrogen (secondary N) is 1. The van der Waals surface area contributed by atoms with Crippen molar-refractivity contribution >= 4 is 17.5 Å². The predicted molar refractivity (Wildman–Crippen MR) is 91.3 cm³/mol. The lowest BCUT2D eigenvalue weighted by atomic mass is 10.1. The molecule has 0 saturated carbocycles. The highest BCUT2D eigenvalue weighted by Gasteiger charge is 2.23. The van der Waals surface area contributed by atoms with Crippen LogP contribution in [0.5, 0.6) is 0 Å². The topological polar surface area (TPSA) is 63.6 Å². The number of thioether (sulfide) groups is 1. The Balaban J connectivity index is 1.90. The number of hydrogen-bond donors (Lipinski definition) is 1. The lowest BCUT2D eigenvalue weighted by molar-refractivity contribution is 0.0993. The monoisotopic (exact) mass is 326 g/mol. The molecular weight excluding hydrogens is 308 g/mol. The summed E-state index contributed by atoms with van der Waals surface area (Å²) >= 11 is 1.38. The molecule has 0 spiro atoms. The molecule has 1 atom stereocenters.